The van der Waals surface area contributed by atoms with Crippen LogP contribution >= 0.6 is 0 Å². The molecule has 0 bridgehead atoms. The van der Waals surface area contributed by atoms with Crippen molar-refractivity contribution in [3.63, 3.8) is 0 Å². The Morgan fingerprint density at radius 3 is 3.05 bits per heavy atom. The molecule has 0 radical (unpaired) electrons. The third kappa shape index (κ3) is 3.01. The molecule has 3 rings (SSSR count). The zero-order valence-corrected chi connectivity index (χ0v) is 11.6. The lowest BCUT2D eigenvalue weighted by molar-refractivity contribution is -0.133. The number of pyridine rings is 1. The highest BCUT2D eigenvalue weighted by Crippen LogP contribution is 2.20. The summed E-state index contributed by atoms with van der Waals surface area (Å²) in [5.74, 6) is -0.0342. The number of likely N-dealkylation sites (tertiary alicyclic amines) is 1. The fraction of sp³-hybridized carbons (Fsp3) is 0.429. The van der Waals surface area contributed by atoms with Crippen molar-refractivity contribution in [2.24, 2.45) is 0 Å². The van der Waals surface area contributed by atoms with Gasteiger partial charge in [-0.3, -0.25) is 9.59 Å². The summed E-state index contributed by atoms with van der Waals surface area (Å²) in [6, 6.07) is 5.05. The molecular formula is C14H17N5O2. The van der Waals surface area contributed by atoms with Crippen LogP contribution in [0.25, 0.3) is 0 Å². The Balaban J connectivity index is 1.67. The molecule has 1 aliphatic heterocycles. The van der Waals surface area contributed by atoms with E-state index in [2.05, 4.69) is 10.1 Å². The minimum Gasteiger partial charge on any atom is -0.339 e. The van der Waals surface area contributed by atoms with Gasteiger partial charge < -0.3 is 9.47 Å². The number of aromatic nitrogens is 4. The fourth-order valence-electron chi connectivity index (χ4n) is 2.64. The van der Waals surface area contributed by atoms with Crippen LogP contribution in [-0.4, -0.2) is 43.2 Å². The highest BCUT2D eigenvalue weighted by Gasteiger charge is 2.25. The maximum Gasteiger partial charge on any atom is 0.250 e. The molecule has 0 spiro atoms. The number of piperidine rings is 1. The molecule has 1 fully saturated rings. The number of hydrogen-bond donors (Lipinski definition) is 0. The molecule has 21 heavy (non-hydrogen) atoms. The van der Waals surface area contributed by atoms with Gasteiger partial charge in [0.15, 0.2) is 0 Å². The SMILES string of the molecule is O=C(Cn1ccccc1=O)N1CCC[C@@H](n2cncn2)C1. The van der Waals surface area contributed by atoms with E-state index in [-0.39, 0.29) is 24.1 Å². The number of hydrogen-bond acceptors (Lipinski definition) is 4. The molecule has 0 aromatic carbocycles. The Kier molecular flexibility index (Phi) is 3.81. The smallest absolute Gasteiger partial charge is 0.250 e. The Morgan fingerprint density at radius 1 is 1.38 bits per heavy atom. The zero-order chi connectivity index (χ0) is 14.7. The minimum absolute atomic E-state index is 0.0342. The van der Waals surface area contributed by atoms with E-state index in [9.17, 15) is 9.59 Å². The van der Waals surface area contributed by atoms with E-state index in [1.165, 1.54) is 17.0 Å². The van der Waals surface area contributed by atoms with Crippen molar-refractivity contribution in [2.75, 3.05) is 13.1 Å². The molecule has 1 saturated heterocycles. The number of amides is 1. The summed E-state index contributed by atoms with van der Waals surface area (Å²) in [6.07, 6.45) is 6.74. The van der Waals surface area contributed by atoms with Gasteiger partial charge in [0.2, 0.25) is 5.91 Å². The van der Waals surface area contributed by atoms with E-state index in [0.717, 1.165) is 19.4 Å². The van der Waals surface area contributed by atoms with Crippen LogP contribution in [0.3, 0.4) is 0 Å². The quantitative estimate of drug-likeness (QED) is 0.814. The molecular weight excluding hydrogens is 270 g/mol. The van der Waals surface area contributed by atoms with Gasteiger partial charge >= 0.3 is 0 Å². The number of carbonyl (C=O) groups excluding carboxylic acids is 1. The topological polar surface area (TPSA) is 73.0 Å². The van der Waals surface area contributed by atoms with Crippen LogP contribution in [0.5, 0.6) is 0 Å². The summed E-state index contributed by atoms with van der Waals surface area (Å²) >= 11 is 0. The lowest BCUT2D eigenvalue weighted by Crippen LogP contribution is -2.43. The monoisotopic (exact) mass is 287 g/mol. The summed E-state index contributed by atoms with van der Waals surface area (Å²) in [7, 11) is 0. The second-order valence-corrected chi connectivity index (χ2v) is 5.18. The van der Waals surface area contributed by atoms with Gasteiger partial charge in [-0.2, -0.15) is 5.10 Å². The van der Waals surface area contributed by atoms with E-state index < -0.39 is 0 Å². The molecule has 7 nitrogen and oxygen atoms in total. The van der Waals surface area contributed by atoms with Crippen molar-refractivity contribution < 1.29 is 4.79 Å². The van der Waals surface area contributed by atoms with E-state index in [4.69, 9.17) is 0 Å². The first kappa shape index (κ1) is 13.5. The van der Waals surface area contributed by atoms with Crippen molar-refractivity contribution in [1.82, 2.24) is 24.2 Å². The summed E-state index contributed by atoms with van der Waals surface area (Å²) < 4.78 is 3.23. The maximum atomic E-state index is 12.4. The van der Waals surface area contributed by atoms with Crippen molar-refractivity contribution in [3.05, 3.63) is 47.4 Å². The van der Waals surface area contributed by atoms with Crippen LogP contribution in [0, 0.1) is 0 Å². The molecule has 110 valence electrons. The molecule has 0 N–H and O–H groups in total. The predicted octanol–water partition coefficient (Wildman–Crippen LogP) is 0.303. The van der Waals surface area contributed by atoms with Crippen LogP contribution in [-0.2, 0) is 11.3 Å². The second-order valence-electron chi connectivity index (χ2n) is 5.18. The molecule has 0 unspecified atom stereocenters. The van der Waals surface area contributed by atoms with Crippen LogP contribution in [0.15, 0.2) is 41.8 Å². The van der Waals surface area contributed by atoms with Crippen molar-refractivity contribution >= 4 is 5.91 Å². The summed E-state index contributed by atoms with van der Waals surface area (Å²) in [5, 5.41) is 4.14. The first-order chi connectivity index (χ1) is 10.2. The molecule has 0 saturated carbocycles. The average molecular weight is 287 g/mol. The molecule has 0 aliphatic carbocycles. The van der Waals surface area contributed by atoms with Gasteiger partial charge in [0.25, 0.3) is 5.56 Å². The average Bonchev–Trinajstić information content (AvgIpc) is 3.04. The number of carbonyl (C=O) groups is 1. The van der Waals surface area contributed by atoms with Crippen LogP contribution < -0.4 is 5.56 Å². The molecule has 2 aromatic heterocycles. The van der Waals surface area contributed by atoms with Gasteiger partial charge in [-0.1, -0.05) is 6.07 Å². The third-order valence-electron chi connectivity index (χ3n) is 3.76. The summed E-state index contributed by atoms with van der Waals surface area (Å²) in [6.45, 7) is 1.43. The first-order valence-electron chi connectivity index (χ1n) is 7.01. The maximum absolute atomic E-state index is 12.4. The lowest BCUT2D eigenvalue weighted by Gasteiger charge is -2.32. The Hall–Kier alpha value is -2.44. The first-order valence-corrected chi connectivity index (χ1v) is 7.01. The predicted molar refractivity (Wildman–Crippen MR) is 75.6 cm³/mol. The minimum atomic E-state index is -0.157. The van der Waals surface area contributed by atoms with Gasteiger partial charge in [-0.25, -0.2) is 9.67 Å². The number of rotatable bonds is 3. The molecule has 7 heteroatoms. The van der Waals surface area contributed by atoms with Crippen molar-refractivity contribution in [2.45, 2.75) is 25.4 Å². The zero-order valence-electron chi connectivity index (χ0n) is 11.6. The number of nitrogens with zero attached hydrogens (tertiary/aromatic N) is 5. The normalized spacial score (nSPS) is 18.7. The molecule has 1 atom stereocenters. The molecule has 3 heterocycles. The summed E-state index contributed by atoms with van der Waals surface area (Å²) in [4.78, 5) is 29.8. The Bertz CT molecular complexity index is 664. The van der Waals surface area contributed by atoms with E-state index in [1.807, 2.05) is 0 Å². The van der Waals surface area contributed by atoms with Crippen molar-refractivity contribution in [3.8, 4) is 0 Å². The van der Waals surface area contributed by atoms with Crippen LogP contribution in [0.2, 0.25) is 0 Å². The van der Waals surface area contributed by atoms with Crippen molar-refractivity contribution in [1.29, 1.82) is 0 Å². The third-order valence-corrected chi connectivity index (χ3v) is 3.76. The van der Waals surface area contributed by atoms with Gasteiger partial charge in [0.1, 0.15) is 19.2 Å². The Morgan fingerprint density at radius 2 is 2.29 bits per heavy atom. The van der Waals surface area contributed by atoms with Gasteiger partial charge in [0.05, 0.1) is 6.04 Å². The standard InChI is InChI=1S/C14H17N5O2/c20-13-5-1-2-6-18(13)9-14(21)17-7-3-4-12(8-17)19-11-15-10-16-19/h1-2,5-6,10-12H,3-4,7-9H2/t12-/m1/s1. The van der Waals surface area contributed by atoms with E-state index in [0.29, 0.717) is 6.54 Å². The van der Waals surface area contributed by atoms with Crippen LogP contribution in [0.1, 0.15) is 18.9 Å². The van der Waals surface area contributed by atoms with E-state index in [1.54, 1.807) is 34.2 Å². The highest BCUT2D eigenvalue weighted by atomic mass is 16.2. The highest BCUT2D eigenvalue weighted by molar-refractivity contribution is 5.76. The van der Waals surface area contributed by atoms with Gasteiger partial charge in [-0.05, 0) is 18.9 Å². The van der Waals surface area contributed by atoms with Gasteiger partial charge in [-0.15, -0.1) is 0 Å². The lowest BCUT2D eigenvalue weighted by atomic mass is 10.1. The van der Waals surface area contributed by atoms with Gasteiger partial charge in [0, 0.05) is 25.4 Å². The molecule has 2 aromatic rings. The largest absolute Gasteiger partial charge is 0.339 e. The Labute approximate surface area is 121 Å². The summed E-state index contributed by atoms with van der Waals surface area (Å²) in [5.41, 5.74) is -0.157. The fourth-order valence-corrected chi connectivity index (χ4v) is 2.64. The second kappa shape index (κ2) is 5.90. The molecule has 1 aliphatic rings. The molecule has 1 amide bonds. The van der Waals surface area contributed by atoms with E-state index >= 15 is 0 Å². The van der Waals surface area contributed by atoms with Crippen LogP contribution in [0.4, 0.5) is 0 Å².